The first kappa shape index (κ1) is 18.0. The molecular weight excluding hydrogens is 244 g/mol. The van der Waals surface area contributed by atoms with E-state index in [0.29, 0.717) is 0 Å². The van der Waals surface area contributed by atoms with Crippen LogP contribution in [0, 0.1) is 11.8 Å². The van der Waals surface area contributed by atoms with Crippen molar-refractivity contribution in [1.29, 1.82) is 0 Å². The second-order valence-electron chi connectivity index (χ2n) is 6.64. The smallest absolute Gasteiger partial charge is 0.0223 e. The molecule has 0 amide bonds. The Morgan fingerprint density at radius 1 is 1.00 bits per heavy atom. The lowest BCUT2D eigenvalue weighted by molar-refractivity contribution is 0.186. The van der Waals surface area contributed by atoms with Crippen LogP contribution in [0.5, 0.6) is 0 Å². The number of rotatable bonds is 11. The summed E-state index contributed by atoms with van der Waals surface area (Å²) in [6.45, 7) is 14.2. The fourth-order valence-electron chi connectivity index (χ4n) is 3.59. The molecule has 0 aromatic rings. The van der Waals surface area contributed by atoms with Gasteiger partial charge in [-0.2, -0.15) is 0 Å². The summed E-state index contributed by atoms with van der Waals surface area (Å²) < 4.78 is 0. The summed E-state index contributed by atoms with van der Waals surface area (Å²) in [6, 6.07) is 0.728. The van der Waals surface area contributed by atoms with Crippen LogP contribution in [0.25, 0.3) is 0 Å². The summed E-state index contributed by atoms with van der Waals surface area (Å²) in [7, 11) is 0. The summed E-state index contributed by atoms with van der Waals surface area (Å²) in [5.74, 6) is 1.81. The standard InChI is InChI=1S/C18H38N2/c1-5-13-19-18(17-11-9-10-12-17)15-20(8-4)14-16(6-2)7-3/h16-19H,5-15H2,1-4H3. The molecule has 0 heterocycles. The highest BCUT2D eigenvalue weighted by atomic mass is 15.1. The largest absolute Gasteiger partial charge is 0.312 e. The molecule has 1 aliphatic rings. The van der Waals surface area contributed by atoms with E-state index in [1.165, 1.54) is 71.1 Å². The van der Waals surface area contributed by atoms with Gasteiger partial charge in [0.1, 0.15) is 0 Å². The lowest BCUT2D eigenvalue weighted by Gasteiger charge is -2.33. The Bertz CT molecular complexity index is 219. The summed E-state index contributed by atoms with van der Waals surface area (Å²) in [6.07, 6.45) is 9.70. The molecule has 2 nitrogen and oxygen atoms in total. The van der Waals surface area contributed by atoms with Gasteiger partial charge in [-0.15, -0.1) is 0 Å². The van der Waals surface area contributed by atoms with Gasteiger partial charge in [0.25, 0.3) is 0 Å². The fraction of sp³-hybridized carbons (Fsp3) is 1.00. The average molecular weight is 283 g/mol. The molecule has 1 atom stereocenters. The minimum atomic E-state index is 0.728. The number of nitrogens with zero attached hydrogens (tertiary/aromatic N) is 1. The van der Waals surface area contributed by atoms with E-state index in [0.717, 1.165) is 17.9 Å². The van der Waals surface area contributed by atoms with Crippen LogP contribution in [0.1, 0.15) is 72.6 Å². The van der Waals surface area contributed by atoms with Crippen molar-refractivity contribution in [3.05, 3.63) is 0 Å². The summed E-state index contributed by atoms with van der Waals surface area (Å²) in [5, 5.41) is 3.84. The van der Waals surface area contributed by atoms with Crippen molar-refractivity contribution in [2.24, 2.45) is 11.8 Å². The van der Waals surface area contributed by atoms with Gasteiger partial charge >= 0.3 is 0 Å². The lowest BCUT2D eigenvalue weighted by Crippen LogP contribution is -2.46. The highest BCUT2D eigenvalue weighted by molar-refractivity contribution is 4.83. The lowest BCUT2D eigenvalue weighted by atomic mass is 9.96. The van der Waals surface area contributed by atoms with Crippen LogP contribution in [0.15, 0.2) is 0 Å². The van der Waals surface area contributed by atoms with E-state index >= 15 is 0 Å². The minimum absolute atomic E-state index is 0.728. The Morgan fingerprint density at radius 3 is 2.15 bits per heavy atom. The topological polar surface area (TPSA) is 15.3 Å². The Labute approximate surface area is 127 Å². The Hall–Kier alpha value is -0.0800. The number of hydrogen-bond donors (Lipinski definition) is 1. The molecular formula is C18H38N2. The van der Waals surface area contributed by atoms with Crippen LogP contribution in [0.2, 0.25) is 0 Å². The van der Waals surface area contributed by atoms with Crippen LogP contribution >= 0.6 is 0 Å². The van der Waals surface area contributed by atoms with Crippen molar-refractivity contribution >= 4 is 0 Å². The molecule has 0 spiro atoms. The number of hydrogen-bond acceptors (Lipinski definition) is 2. The summed E-state index contributed by atoms with van der Waals surface area (Å²) >= 11 is 0. The summed E-state index contributed by atoms with van der Waals surface area (Å²) in [5.41, 5.74) is 0. The van der Waals surface area contributed by atoms with Crippen LogP contribution in [0.3, 0.4) is 0 Å². The highest BCUT2D eigenvalue weighted by Gasteiger charge is 2.26. The van der Waals surface area contributed by atoms with Gasteiger partial charge in [0, 0.05) is 19.1 Å². The van der Waals surface area contributed by atoms with Gasteiger partial charge in [-0.3, -0.25) is 0 Å². The van der Waals surface area contributed by atoms with E-state index in [1.54, 1.807) is 0 Å². The van der Waals surface area contributed by atoms with Crippen LogP contribution in [-0.2, 0) is 0 Å². The summed E-state index contributed by atoms with van der Waals surface area (Å²) in [4.78, 5) is 2.70. The third-order valence-electron chi connectivity index (χ3n) is 5.20. The number of likely N-dealkylation sites (N-methyl/N-ethyl adjacent to an activating group) is 1. The zero-order chi connectivity index (χ0) is 14.8. The third-order valence-corrected chi connectivity index (χ3v) is 5.20. The van der Waals surface area contributed by atoms with Crippen molar-refractivity contribution in [3.8, 4) is 0 Å². The molecule has 1 N–H and O–H groups in total. The zero-order valence-corrected chi connectivity index (χ0v) is 14.5. The van der Waals surface area contributed by atoms with Crippen molar-refractivity contribution in [2.45, 2.75) is 78.7 Å². The molecule has 2 heteroatoms. The van der Waals surface area contributed by atoms with Crippen molar-refractivity contribution in [3.63, 3.8) is 0 Å². The van der Waals surface area contributed by atoms with Crippen molar-refractivity contribution < 1.29 is 0 Å². The van der Waals surface area contributed by atoms with Crippen molar-refractivity contribution in [1.82, 2.24) is 10.2 Å². The van der Waals surface area contributed by atoms with Gasteiger partial charge in [-0.05, 0) is 44.2 Å². The maximum atomic E-state index is 3.84. The maximum Gasteiger partial charge on any atom is 0.0223 e. The van der Waals surface area contributed by atoms with Gasteiger partial charge in [0.2, 0.25) is 0 Å². The molecule has 1 saturated carbocycles. The quantitative estimate of drug-likeness (QED) is 0.608. The Morgan fingerprint density at radius 2 is 1.65 bits per heavy atom. The van der Waals surface area contributed by atoms with Gasteiger partial charge in [-0.1, -0.05) is 53.4 Å². The monoisotopic (exact) mass is 282 g/mol. The first-order valence-electron chi connectivity index (χ1n) is 9.20. The zero-order valence-electron chi connectivity index (χ0n) is 14.5. The van der Waals surface area contributed by atoms with E-state index < -0.39 is 0 Å². The predicted octanol–water partition coefficient (Wildman–Crippen LogP) is 4.30. The van der Waals surface area contributed by atoms with Crippen LogP contribution in [0.4, 0.5) is 0 Å². The maximum absolute atomic E-state index is 3.84. The molecule has 0 aromatic heterocycles. The predicted molar refractivity (Wildman–Crippen MR) is 90.2 cm³/mol. The van der Waals surface area contributed by atoms with E-state index in [2.05, 4.69) is 37.9 Å². The first-order valence-corrected chi connectivity index (χ1v) is 9.20. The molecule has 1 rings (SSSR count). The molecule has 0 radical (unpaired) electrons. The SMILES string of the molecule is CCCNC(CN(CC)CC(CC)CC)C1CCCC1. The molecule has 1 fully saturated rings. The molecule has 1 unspecified atom stereocenters. The van der Waals surface area contributed by atoms with Gasteiger partial charge < -0.3 is 10.2 Å². The van der Waals surface area contributed by atoms with Gasteiger partial charge in [0.15, 0.2) is 0 Å². The molecule has 0 bridgehead atoms. The third kappa shape index (κ3) is 6.13. The minimum Gasteiger partial charge on any atom is -0.312 e. The van der Waals surface area contributed by atoms with Gasteiger partial charge in [0.05, 0.1) is 0 Å². The van der Waals surface area contributed by atoms with E-state index in [4.69, 9.17) is 0 Å². The molecule has 20 heavy (non-hydrogen) atoms. The molecule has 0 aromatic carbocycles. The average Bonchev–Trinajstić information content (AvgIpc) is 3.01. The second-order valence-corrected chi connectivity index (χ2v) is 6.64. The van der Waals surface area contributed by atoms with Gasteiger partial charge in [-0.25, -0.2) is 0 Å². The molecule has 0 aliphatic heterocycles. The van der Waals surface area contributed by atoms with Crippen molar-refractivity contribution in [2.75, 3.05) is 26.2 Å². The second kappa shape index (κ2) is 10.6. The first-order chi connectivity index (χ1) is 9.74. The Balaban J connectivity index is 2.50. The fourth-order valence-corrected chi connectivity index (χ4v) is 3.59. The van der Waals surface area contributed by atoms with Crippen LogP contribution in [-0.4, -0.2) is 37.1 Å². The normalized spacial score (nSPS) is 18.3. The van der Waals surface area contributed by atoms with Crippen LogP contribution < -0.4 is 5.32 Å². The molecule has 1 aliphatic carbocycles. The van der Waals surface area contributed by atoms with E-state index in [9.17, 15) is 0 Å². The molecule has 0 saturated heterocycles. The van der Waals surface area contributed by atoms with E-state index in [1.807, 2.05) is 0 Å². The Kier molecular flexibility index (Phi) is 9.54. The van der Waals surface area contributed by atoms with E-state index in [-0.39, 0.29) is 0 Å². The molecule has 120 valence electrons. The number of nitrogens with one attached hydrogen (secondary N) is 1. The highest BCUT2D eigenvalue weighted by Crippen LogP contribution is 2.28.